The first kappa shape index (κ1) is 15.6. The van der Waals surface area contributed by atoms with Gasteiger partial charge in [0.25, 0.3) is 5.56 Å². The number of hydrogen-bond donors (Lipinski definition) is 4. The van der Waals surface area contributed by atoms with Crippen LogP contribution in [0.25, 0.3) is 0 Å². The van der Waals surface area contributed by atoms with E-state index in [1.54, 1.807) is 0 Å². The molecule has 1 atom stereocenters. The number of ether oxygens (including phenoxy) is 1. The Morgan fingerprint density at radius 2 is 2.13 bits per heavy atom. The number of nitrogens with zero attached hydrogens (tertiary/aromatic N) is 1. The van der Waals surface area contributed by atoms with E-state index in [-0.39, 0.29) is 17.5 Å². The average molecular weight is 336 g/mol. The molecule has 5 N–H and O–H groups in total. The number of nitrogens with two attached hydrogens (primary N) is 1. The van der Waals surface area contributed by atoms with Crippen LogP contribution in [0.1, 0.15) is 5.56 Å². The van der Waals surface area contributed by atoms with Crippen LogP contribution < -0.4 is 21.9 Å². The lowest BCUT2D eigenvalue weighted by molar-refractivity contribution is 0.129. The van der Waals surface area contributed by atoms with E-state index in [9.17, 15) is 4.79 Å². The van der Waals surface area contributed by atoms with E-state index in [2.05, 4.69) is 20.6 Å². The van der Waals surface area contributed by atoms with Gasteiger partial charge < -0.3 is 21.1 Å². The van der Waals surface area contributed by atoms with Crippen LogP contribution in [0.5, 0.6) is 0 Å². The molecule has 2 aromatic rings. The van der Waals surface area contributed by atoms with Crippen molar-refractivity contribution in [2.24, 2.45) is 0 Å². The zero-order valence-corrected chi connectivity index (χ0v) is 13.2. The minimum atomic E-state index is -0.286. The molecule has 0 saturated carbocycles. The second-order valence-corrected chi connectivity index (χ2v) is 5.78. The summed E-state index contributed by atoms with van der Waals surface area (Å²) in [6, 6.07) is 7.70. The first-order valence-corrected chi connectivity index (χ1v) is 7.72. The monoisotopic (exact) mass is 335 g/mol. The van der Waals surface area contributed by atoms with E-state index >= 15 is 0 Å². The Balaban J connectivity index is 1.48. The third-order valence-electron chi connectivity index (χ3n) is 3.57. The maximum atomic E-state index is 11.8. The number of nitrogen functional groups attached to an aromatic ring is 1. The average Bonchev–Trinajstić information content (AvgIpc) is 2.53. The minimum absolute atomic E-state index is 0.000702. The molecule has 0 spiro atoms. The van der Waals surface area contributed by atoms with Gasteiger partial charge in [-0.25, -0.2) is 0 Å². The molecule has 1 aliphatic rings. The van der Waals surface area contributed by atoms with Crippen molar-refractivity contribution in [1.29, 1.82) is 0 Å². The molecule has 1 aromatic carbocycles. The van der Waals surface area contributed by atoms with Gasteiger partial charge in [0.15, 0.2) is 5.82 Å². The summed E-state index contributed by atoms with van der Waals surface area (Å²) >= 11 is 5.85. The number of anilines is 3. The number of hydrogen-bond acceptors (Lipinski definition) is 6. The van der Waals surface area contributed by atoms with Crippen molar-refractivity contribution >= 4 is 29.1 Å². The molecule has 7 nitrogen and oxygen atoms in total. The highest BCUT2D eigenvalue weighted by Crippen LogP contribution is 2.19. The van der Waals surface area contributed by atoms with Crippen LogP contribution in [0.15, 0.2) is 29.1 Å². The van der Waals surface area contributed by atoms with Gasteiger partial charge in [0.1, 0.15) is 5.69 Å². The van der Waals surface area contributed by atoms with Crippen molar-refractivity contribution < 1.29 is 4.74 Å². The van der Waals surface area contributed by atoms with E-state index in [1.807, 2.05) is 24.3 Å². The quantitative estimate of drug-likeness (QED) is 0.617. The Morgan fingerprint density at radius 3 is 2.91 bits per heavy atom. The van der Waals surface area contributed by atoms with Crippen LogP contribution in [-0.4, -0.2) is 35.8 Å². The number of aromatic nitrogens is 2. The van der Waals surface area contributed by atoms with Crippen LogP contribution in [0.3, 0.4) is 0 Å². The van der Waals surface area contributed by atoms with Crippen molar-refractivity contribution in [3.63, 3.8) is 0 Å². The third-order valence-corrected chi connectivity index (χ3v) is 3.82. The van der Waals surface area contributed by atoms with E-state index < -0.39 is 0 Å². The largest absolute Gasteiger partial charge is 0.379 e. The van der Waals surface area contributed by atoms with Crippen molar-refractivity contribution in [3.8, 4) is 0 Å². The molecule has 0 radical (unpaired) electrons. The van der Waals surface area contributed by atoms with Crippen LogP contribution in [-0.2, 0) is 11.2 Å². The standard InChI is InChI=1S/C15H18ClN5O2/c16-10-3-1-9(2-4-10)5-6-23-8-11-7-18-13-12(19-11)14(22)21-15(17)20-13/h1-4,11,19H,5-8H2,(H4,17,18,20,21,22). The highest BCUT2D eigenvalue weighted by molar-refractivity contribution is 6.30. The fraction of sp³-hybridized carbons (Fsp3) is 0.333. The molecule has 3 rings (SSSR count). The van der Waals surface area contributed by atoms with Crippen LogP contribution in [0, 0.1) is 0 Å². The van der Waals surface area contributed by atoms with Gasteiger partial charge in [0.05, 0.1) is 19.3 Å². The van der Waals surface area contributed by atoms with E-state index in [0.29, 0.717) is 31.3 Å². The first-order valence-electron chi connectivity index (χ1n) is 7.34. The Hall–Kier alpha value is -2.25. The fourth-order valence-corrected chi connectivity index (χ4v) is 2.52. The zero-order chi connectivity index (χ0) is 16.2. The van der Waals surface area contributed by atoms with E-state index in [4.69, 9.17) is 22.1 Å². The number of aromatic amines is 1. The maximum Gasteiger partial charge on any atom is 0.277 e. The van der Waals surface area contributed by atoms with Crippen LogP contribution >= 0.6 is 11.6 Å². The summed E-state index contributed by atoms with van der Waals surface area (Å²) in [5.41, 5.74) is 6.80. The predicted molar refractivity (Wildman–Crippen MR) is 91.1 cm³/mol. The summed E-state index contributed by atoms with van der Waals surface area (Å²) < 4.78 is 5.69. The van der Waals surface area contributed by atoms with Gasteiger partial charge in [-0.05, 0) is 24.1 Å². The van der Waals surface area contributed by atoms with E-state index in [0.717, 1.165) is 11.4 Å². The predicted octanol–water partition coefficient (Wildman–Crippen LogP) is 1.47. The lowest BCUT2D eigenvalue weighted by atomic mass is 10.2. The third kappa shape index (κ3) is 3.94. The van der Waals surface area contributed by atoms with Gasteiger partial charge in [-0.1, -0.05) is 23.7 Å². The smallest absolute Gasteiger partial charge is 0.277 e. The summed E-state index contributed by atoms with van der Waals surface area (Å²) in [5, 5.41) is 6.95. The van der Waals surface area contributed by atoms with Gasteiger partial charge in [-0.2, -0.15) is 4.98 Å². The Morgan fingerprint density at radius 1 is 1.35 bits per heavy atom. The first-order chi connectivity index (χ1) is 11.1. The van der Waals surface area contributed by atoms with E-state index in [1.165, 1.54) is 5.56 Å². The summed E-state index contributed by atoms with van der Waals surface area (Å²) in [4.78, 5) is 18.4. The zero-order valence-electron chi connectivity index (χ0n) is 12.4. The number of H-pyrrole nitrogens is 1. The number of nitrogens with one attached hydrogen (secondary N) is 3. The van der Waals surface area contributed by atoms with Crippen LogP contribution in [0.4, 0.5) is 17.5 Å². The van der Waals surface area contributed by atoms with Crippen molar-refractivity contribution in [2.75, 3.05) is 36.1 Å². The second-order valence-electron chi connectivity index (χ2n) is 5.35. The molecule has 0 amide bonds. The second kappa shape index (κ2) is 6.89. The number of halogens is 1. The van der Waals surface area contributed by atoms with Gasteiger partial charge in [0.2, 0.25) is 5.95 Å². The summed E-state index contributed by atoms with van der Waals surface area (Å²) in [7, 11) is 0. The molecule has 0 aliphatic carbocycles. The molecule has 0 fully saturated rings. The van der Waals surface area contributed by atoms with Gasteiger partial charge in [0, 0.05) is 11.6 Å². The summed E-state index contributed by atoms with van der Waals surface area (Å²) in [6.07, 6.45) is 0.812. The van der Waals surface area contributed by atoms with Crippen molar-refractivity contribution in [3.05, 3.63) is 45.2 Å². The Kier molecular flexibility index (Phi) is 4.68. The number of benzene rings is 1. The highest BCUT2D eigenvalue weighted by atomic mass is 35.5. The number of fused-ring (bicyclic) bond motifs is 1. The maximum absolute atomic E-state index is 11.8. The topological polar surface area (TPSA) is 105 Å². The van der Waals surface area contributed by atoms with Gasteiger partial charge >= 0.3 is 0 Å². The molecule has 8 heteroatoms. The Bertz CT molecular complexity index is 732. The molecule has 0 bridgehead atoms. The lowest BCUT2D eigenvalue weighted by Crippen LogP contribution is -2.40. The molecule has 122 valence electrons. The highest BCUT2D eigenvalue weighted by Gasteiger charge is 2.21. The Labute approximate surface area is 138 Å². The van der Waals surface area contributed by atoms with Crippen LogP contribution in [0.2, 0.25) is 5.02 Å². The summed E-state index contributed by atoms with van der Waals surface area (Å²) in [6.45, 7) is 1.71. The minimum Gasteiger partial charge on any atom is -0.379 e. The molecular weight excluding hydrogens is 318 g/mol. The molecule has 1 aliphatic heterocycles. The molecule has 0 saturated heterocycles. The molecule has 2 heterocycles. The number of rotatable bonds is 5. The SMILES string of the molecule is Nc1nc2c(c(=O)[nH]1)NC(COCCc1ccc(Cl)cc1)CN2. The fourth-order valence-electron chi connectivity index (χ4n) is 2.39. The molecule has 1 unspecified atom stereocenters. The molecule has 1 aromatic heterocycles. The van der Waals surface area contributed by atoms with Crippen molar-refractivity contribution in [1.82, 2.24) is 9.97 Å². The van der Waals surface area contributed by atoms with Crippen molar-refractivity contribution in [2.45, 2.75) is 12.5 Å². The lowest BCUT2D eigenvalue weighted by Gasteiger charge is -2.26. The molecule has 23 heavy (non-hydrogen) atoms. The van der Waals surface area contributed by atoms with Gasteiger partial charge in [-0.3, -0.25) is 9.78 Å². The molecular formula is C15H18ClN5O2. The normalized spacial score (nSPS) is 16.3. The summed E-state index contributed by atoms with van der Waals surface area (Å²) in [5.74, 6) is 0.573. The van der Waals surface area contributed by atoms with Gasteiger partial charge in [-0.15, -0.1) is 0 Å².